The van der Waals surface area contributed by atoms with Gasteiger partial charge in [-0.2, -0.15) is 0 Å². The van der Waals surface area contributed by atoms with Gasteiger partial charge in [-0.15, -0.1) is 0 Å². The maximum absolute atomic E-state index is 10.4. The molecule has 1 aromatic carbocycles. The first-order valence-corrected chi connectivity index (χ1v) is 5.03. The van der Waals surface area contributed by atoms with Gasteiger partial charge in [-0.25, -0.2) is 4.98 Å². The van der Waals surface area contributed by atoms with E-state index in [9.17, 15) is 4.79 Å². The second kappa shape index (κ2) is 3.85. The summed E-state index contributed by atoms with van der Waals surface area (Å²) in [7, 11) is 0. The molecule has 0 N–H and O–H groups in total. The molecule has 0 unspecified atom stereocenters. The normalized spacial score (nSPS) is 11.1. The molecule has 2 aromatic rings. The van der Waals surface area contributed by atoms with E-state index < -0.39 is 0 Å². The Hall–Kier alpha value is -1.64. The molecule has 0 fully saturated rings. The first-order valence-electron chi connectivity index (χ1n) is 5.03. The van der Waals surface area contributed by atoms with E-state index in [-0.39, 0.29) is 5.92 Å². The van der Waals surface area contributed by atoms with Gasteiger partial charge in [0.05, 0.1) is 0 Å². The molecular formula is C12H13NO2. The van der Waals surface area contributed by atoms with Crippen molar-refractivity contribution in [3.8, 4) is 0 Å². The summed E-state index contributed by atoms with van der Waals surface area (Å²) in [6.07, 6.45) is 1.31. The van der Waals surface area contributed by atoms with Gasteiger partial charge in [0, 0.05) is 12.3 Å². The van der Waals surface area contributed by atoms with Crippen LogP contribution in [0.15, 0.2) is 22.6 Å². The summed E-state index contributed by atoms with van der Waals surface area (Å²) in [4.78, 5) is 14.7. The van der Waals surface area contributed by atoms with Gasteiger partial charge in [0.25, 0.3) is 0 Å². The lowest BCUT2D eigenvalue weighted by molar-refractivity contribution is -0.107. The third-order valence-electron chi connectivity index (χ3n) is 2.28. The van der Waals surface area contributed by atoms with Gasteiger partial charge in [-0.05, 0) is 17.7 Å². The molecule has 0 atom stereocenters. The Kier molecular flexibility index (Phi) is 2.54. The topological polar surface area (TPSA) is 43.1 Å². The maximum atomic E-state index is 10.4. The third kappa shape index (κ3) is 1.91. The van der Waals surface area contributed by atoms with Crippen molar-refractivity contribution in [3.05, 3.63) is 29.7 Å². The van der Waals surface area contributed by atoms with Crippen molar-refractivity contribution in [1.82, 2.24) is 4.98 Å². The summed E-state index contributed by atoms with van der Waals surface area (Å²) in [6.45, 7) is 4.08. The summed E-state index contributed by atoms with van der Waals surface area (Å²) < 4.78 is 5.59. The number of fused-ring (bicyclic) bond motifs is 1. The van der Waals surface area contributed by atoms with Crippen LogP contribution >= 0.6 is 0 Å². The Morgan fingerprint density at radius 1 is 1.47 bits per heavy atom. The Balaban J connectivity index is 2.47. The Labute approximate surface area is 88.1 Å². The Morgan fingerprint density at radius 2 is 2.27 bits per heavy atom. The molecule has 2 rings (SSSR count). The lowest BCUT2D eigenvalue weighted by atomic mass is 10.1. The van der Waals surface area contributed by atoms with E-state index in [0.29, 0.717) is 6.42 Å². The average Bonchev–Trinajstić information content (AvgIpc) is 2.61. The highest BCUT2D eigenvalue weighted by Crippen LogP contribution is 2.21. The van der Waals surface area contributed by atoms with Gasteiger partial charge in [0.15, 0.2) is 11.5 Å². The largest absolute Gasteiger partial charge is 0.440 e. The van der Waals surface area contributed by atoms with Crippen molar-refractivity contribution < 1.29 is 9.21 Å². The zero-order valence-electron chi connectivity index (χ0n) is 8.86. The van der Waals surface area contributed by atoms with Gasteiger partial charge in [0.2, 0.25) is 0 Å². The number of carbonyl (C=O) groups excluding carboxylic acids is 1. The molecule has 0 spiro atoms. The lowest BCUT2D eigenvalue weighted by Crippen LogP contribution is -1.84. The van der Waals surface area contributed by atoms with Crippen LogP contribution in [0.25, 0.3) is 11.1 Å². The zero-order chi connectivity index (χ0) is 10.8. The van der Waals surface area contributed by atoms with Gasteiger partial charge in [0.1, 0.15) is 11.8 Å². The SMILES string of the molecule is CC(C)c1nc2ccc(CC=O)cc2o1. The molecule has 1 heterocycles. The number of aromatic nitrogens is 1. The summed E-state index contributed by atoms with van der Waals surface area (Å²) in [5.41, 5.74) is 2.58. The highest BCUT2D eigenvalue weighted by Gasteiger charge is 2.09. The number of oxazole rings is 1. The fourth-order valence-corrected chi connectivity index (χ4v) is 1.46. The monoisotopic (exact) mass is 203 g/mol. The summed E-state index contributed by atoms with van der Waals surface area (Å²) in [5, 5.41) is 0. The molecule has 0 saturated heterocycles. The summed E-state index contributed by atoms with van der Waals surface area (Å²) >= 11 is 0. The minimum Gasteiger partial charge on any atom is -0.440 e. The molecule has 78 valence electrons. The van der Waals surface area contributed by atoms with Gasteiger partial charge in [-0.3, -0.25) is 0 Å². The standard InChI is InChI=1S/C12H13NO2/c1-8(2)12-13-10-4-3-9(5-6-14)7-11(10)15-12/h3-4,6-8H,5H2,1-2H3. The van der Waals surface area contributed by atoms with Crippen molar-refractivity contribution in [2.24, 2.45) is 0 Å². The number of hydrogen-bond acceptors (Lipinski definition) is 3. The molecule has 0 saturated carbocycles. The van der Waals surface area contributed by atoms with Crippen LogP contribution in [0, 0.1) is 0 Å². The smallest absolute Gasteiger partial charge is 0.198 e. The number of rotatable bonds is 3. The van der Waals surface area contributed by atoms with Crippen LogP contribution in [0.4, 0.5) is 0 Å². The molecule has 3 nitrogen and oxygen atoms in total. The van der Waals surface area contributed by atoms with Crippen molar-refractivity contribution in [2.75, 3.05) is 0 Å². The second-order valence-electron chi connectivity index (χ2n) is 3.88. The van der Waals surface area contributed by atoms with Crippen LogP contribution in [-0.2, 0) is 11.2 Å². The van der Waals surface area contributed by atoms with E-state index in [1.807, 2.05) is 32.0 Å². The van der Waals surface area contributed by atoms with Crippen LogP contribution in [0.2, 0.25) is 0 Å². The van der Waals surface area contributed by atoms with Crippen LogP contribution in [0.3, 0.4) is 0 Å². The van der Waals surface area contributed by atoms with E-state index >= 15 is 0 Å². The predicted molar refractivity (Wildman–Crippen MR) is 57.9 cm³/mol. The number of benzene rings is 1. The molecule has 0 aliphatic heterocycles. The van der Waals surface area contributed by atoms with Crippen LogP contribution in [0.1, 0.15) is 31.2 Å². The van der Waals surface area contributed by atoms with Crippen LogP contribution in [-0.4, -0.2) is 11.3 Å². The number of aldehydes is 1. The van der Waals surface area contributed by atoms with Crippen LogP contribution in [0.5, 0.6) is 0 Å². The fourth-order valence-electron chi connectivity index (χ4n) is 1.46. The summed E-state index contributed by atoms with van der Waals surface area (Å²) in [6, 6.07) is 5.68. The first-order chi connectivity index (χ1) is 7.20. The second-order valence-corrected chi connectivity index (χ2v) is 3.88. The lowest BCUT2D eigenvalue weighted by Gasteiger charge is -1.94. The number of hydrogen-bond donors (Lipinski definition) is 0. The molecule has 0 bridgehead atoms. The molecule has 15 heavy (non-hydrogen) atoms. The molecule has 0 amide bonds. The van der Waals surface area contributed by atoms with E-state index in [4.69, 9.17) is 4.42 Å². The van der Waals surface area contributed by atoms with Crippen molar-refractivity contribution in [1.29, 1.82) is 0 Å². The quantitative estimate of drug-likeness (QED) is 0.720. The van der Waals surface area contributed by atoms with Gasteiger partial charge >= 0.3 is 0 Å². The van der Waals surface area contributed by atoms with E-state index in [0.717, 1.165) is 28.8 Å². The molecular weight excluding hydrogens is 190 g/mol. The van der Waals surface area contributed by atoms with E-state index in [2.05, 4.69) is 4.98 Å². The van der Waals surface area contributed by atoms with Crippen molar-refractivity contribution in [2.45, 2.75) is 26.2 Å². The predicted octanol–water partition coefficient (Wildman–Crippen LogP) is 2.69. The van der Waals surface area contributed by atoms with Gasteiger partial charge in [-0.1, -0.05) is 19.9 Å². The van der Waals surface area contributed by atoms with Crippen LogP contribution < -0.4 is 0 Å². The van der Waals surface area contributed by atoms with E-state index in [1.165, 1.54) is 0 Å². The highest BCUT2D eigenvalue weighted by atomic mass is 16.3. The minimum absolute atomic E-state index is 0.284. The van der Waals surface area contributed by atoms with Crippen molar-refractivity contribution in [3.63, 3.8) is 0 Å². The molecule has 3 heteroatoms. The maximum Gasteiger partial charge on any atom is 0.198 e. The fraction of sp³-hybridized carbons (Fsp3) is 0.333. The molecule has 1 aromatic heterocycles. The Bertz CT molecular complexity index is 485. The zero-order valence-corrected chi connectivity index (χ0v) is 8.86. The number of carbonyl (C=O) groups is 1. The van der Waals surface area contributed by atoms with Gasteiger partial charge < -0.3 is 9.21 Å². The molecule has 0 radical (unpaired) electrons. The number of nitrogens with zero attached hydrogens (tertiary/aromatic N) is 1. The third-order valence-corrected chi connectivity index (χ3v) is 2.28. The Morgan fingerprint density at radius 3 is 2.93 bits per heavy atom. The minimum atomic E-state index is 0.284. The highest BCUT2D eigenvalue weighted by molar-refractivity contribution is 5.74. The summed E-state index contributed by atoms with van der Waals surface area (Å²) in [5.74, 6) is 1.03. The average molecular weight is 203 g/mol. The first kappa shape index (κ1) is 9.90. The molecule has 0 aliphatic rings. The van der Waals surface area contributed by atoms with Crippen molar-refractivity contribution >= 4 is 17.4 Å². The molecule has 0 aliphatic carbocycles. The van der Waals surface area contributed by atoms with E-state index in [1.54, 1.807) is 0 Å².